The van der Waals surface area contributed by atoms with Gasteiger partial charge in [0.25, 0.3) is 0 Å². The first-order valence-corrected chi connectivity index (χ1v) is 5.33. The van der Waals surface area contributed by atoms with Crippen LogP contribution in [-0.4, -0.2) is 9.97 Å². The molecule has 2 heterocycles. The minimum atomic E-state index is 0.713. The monoisotopic (exact) mass is 213 g/mol. The van der Waals surface area contributed by atoms with Gasteiger partial charge in [0, 0.05) is 12.4 Å². The van der Waals surface area contributed by atoms with Crippen LogP contribution in [0.5, 0.6) is 0 Å². The van der Waals surface area contributed by atoms with E-state index in [0.717, 1.165) is 17.1 Å². The predicted molar refractivity (Wildman–Crippen MR) is 65.3 cm³/mol. The Bertz CT molecular complexity index is 435. The summed E-state index contributed by atoms with van der Waals surface area (Å²) in [6, 6.07) is 7.99. The number of nitrogens with one attached hydrogen (secondary N) is 1. The average Bonchev–Trinajstić information content (AvgIpc) is 2.30. The van der Waals surface area contributed by atoms with E-state index in [1.165, 1.54) is 5.56 Å². The highest BCUT2D eigenvalue weighted by atomic mass is 15.0. The number of aromatic nitrogens is 2. The van der Waals surface area contributed by atoms with Crippen molar-refractivity contribution in [3.63, 3.8) is 0 Å². The van der Waals surface area contributed by atoms with Gasteiger partial charge in [-0.1, -0.05) is 12.1 Å². The van der Waals surface area contributed by atoms with E-state index in [4.69, 9.17) is 0 Å². The molecule has 0 unspecified atom stereocenters. The number of anilines is 1. The van der Waals surface area contributed by atoms with Crippen LogP contribution in [0, 0.1) is 13.8 Å². The van der Waals surface area contributed by atoms with Crippen molar-refractivity contribution in [3.05, 3.63) is 53.5 Å². The van der Waals surface area contributed by atoms with Gasteiger partial charge in [0.2, 0.25) is 0 Å². The largest absolute Gasteiger partial charge is 0.364 e. The molecule has 2 rings (SSSR count). The second-order valence-corrected chi connectivity index (χ2v) is 3.79. The molecule has 0 aromatic carbocycles. The van der Waals surface area contributed by atoms with Crippen LogP contribution in [0.4, 0.5) is 5.82 Å². The van der Waals surface area contributed by atoms with Crippen molar-refractivity contribution in [2.45, 2.75) is 20.4 Å². The fraction of sp³-hybridized carbons (Fsp3) is 0.231. The van der Waals surface area contributed by atoms with E-state index < -0.39 is 0 Å². The molecule has 0 spiro atoms. The third-order valence-electron chi connectivity index (χ3n) is 2.55. The molecule has 3 nitrogen and oxygen atoms in total. The van der Waals surface area contributed by atoms with Crippen LogP contribution in [-0.2, 0) is 6.54 Å². The lowest BCUT2D eigenvalue weighted by Gasteiger charge is -2.08. The van der Waals surface area contributed by atoms with Gasteiger partial charge in [0.15, 0.2) is 0 Å². The lowest BCUT2D eigenvalue weighted by atomic mass is 10.2. The van der Waals surface area contributed by atoms with Crippen LogP contribution >= 0.6 is 0 Å². The zero-order valence-electron chi connectivity index (χ0n) is 9.57. The van der Waals surface area contributed by atoms with Gasteiger partial charge < -0.3 is 5.32 Å². The number of nitrogens with zero attached hydrogens (tertiary/aromatic N) is 2. The average molecular weight is 213 g/mol. The van der Waals surface area contributed by atoms with E-state index in [0.29, 0.717) is 6.54 Å². The molecular formula is C13H15N3. The summed E-state index contributed by atoms with van der Waals surface area (Å²) >= 11 is 0. The van der Waals surface area contributed by atoms with Gasteiger partial charge in [-0.3, -0.25) is 4.98 Å². The molecule has 16 heavy (non-hydrogen) atoms. The molecule has 0 aliphatic heterocycles. The third-order valence-corrected chi connectivity index (χ3v) is 2.55. The van der Waals surface area contributed by atoms with Gasteiger partial charge in [-0.25, -0.2) is 4.98 Å². The van der Waals surface area contributed by atoms with E-state index in [1.54, 1.807) is 6.20 Å². The van der Waals surface area contributed by atoms with E-state index in [2.05, 4.69) is 28.3 Å². The van der Waals surface area contributed by atoms with Crippen molar-refractivity contribution in [2.24, 2.45) is 0 Å². The molecule has 0 aliphatic carbocycles. The highest BCUT2D eigenvalue weighted by Gasteiger charge is 2.01. The number of hydrogen-bond acceptors (Lipinski definition) is 3. The normalized spacial score (nSPS) is 10.1. The minimum Gasteiger partial charge on any atom is -0.364 e. The molecule has 0 bridgehead atoms. The van der Waals surface area contributed by atoms with Crippen LogP contribution in [0.3, 0.4) is 0 Å². The number of pyridine rings is 2. The van der Waals surface area contributed by atoms with Crippen molar-refractivity contribution in [1.29, 1.82) is 0 Å². The summed E-state index contributed by atoms with van der Waals surface area (Å²) in [6.45, 7) is 4.82. The van der Waals surface area contributed by atoms with Crippen LogP contribution in [0.15, 0.2) is 36.7 Å². The van der Waals surface area contributed by atoms with Gasteiger partial charge in [0.1, 0.15) is 5.82 Å². The predicted octanol–water partition coefficient (Wildman–Crippen LogP) is 2.71. The first kappa shape index (κ1) is 10.6. The molecule has 0 radical (unpaired) electrons. The molecule has 0 saturated heterocycles. The molecule has 1 N–H and O–H groups in total. The quantitative estimate of drug-likeness (QED) is 0.851. The van der Waals surface area contributed by atoms with Crippen LogP contribution in [0.1, 0.15) is 16.8 Å². The second-order valence-electron chi connectivity index (χ2n) is 3.79. The fourth-order valence-electron chi connectivity index (χ4n) is 1.54. The molecule has 2 aromatic heterocycles. The van der Waals surface area contributed by atoms with E-state index in [1.807, 2.05) is 31.3 Å². The Kier molecular flexibility index (Phi) is 3.15. The Morgan fingerprint density at radius 1 is 1.00 bits per heavy atom. The third kappa shape index (κ3) is 2.37. The molecule has 2 aromatic rings. The van der Waals surface area contributed by atoms with E-state index >= 15 is 0 Å². The van der Waals surface area contributed by atoms with Gasteiger partial charge in [-0.15, -0.1) is 0 Å². The van der Waals surface area contributed by atoms with E-state index in [-0.39, 0.29) is 0 Å². The molecule has 0 saturated carbocycles. The maximum Gasteiger partial charge on any atom is 0.129 e. The van der Waals surface area contributed by atoms with Crippen molar-refractivity contribution >= 4 is 5.82 Å². The van der Waals surface area contributed by atoms with Crippen LogP contribution in [0.2, 0.25) is 0 Å². The van der Waals surface area contributed by atoms with E-state index in [9.17, 15) is 0 Å². The van der Waals surface area contributed by atoms with Crippen molar-refractivity contribution in [2.75, 3.05) is 5.32 Å². The van der Waals surface area contributed by atoms with Crippen molar-refractivity contribution in [3.8, 4) is 0 Å². The molecule has 0 fully saturated rings. The highest BCUT2D eigenvalue weighted by molar-refractivity contribution is 5.43. The molecule has 3 heteroatoms. The Labute approximate surface area is 95.6 Å². The Morgan fingerprint density at radius 2 is 1.69 bits per heavy atom. The Hall–Kier alpha value is -1.90. The summed E-state index contributed by atoms with van der Waals surface area (Å²) in [6.07, 6.45) is 3.61. The smallest absolute Gasteiger partial charge is 0.129 e. The summed E-state index contributed by atoms with van der Waals surface area (Å²) in [5, 5.41) is 3.30. The molecule has 0 aliphatic rings. The van der Waals surface area contributed by atoms with Crippen LogP contribution < -0.4 is 5.32 Å². The Morgan fingerprint density at radius 3 is 2.38 bits per heavy atom. The van der Waals surface area contributed by atoms with Gasteiger partial charge in [-0.2, -0.15) is 0 Å². The van der Waals surface area contributed by atoms with Gasteiger partial charge in [0.05, 0.1) is 12.2 Å². The van der Waals surface area contributed by atoms with Gasteiger partial charge in [-0.05, 0) is 37.1 Å². The molecule has 82 valence electrons. The number of rotatable bonds is 3. The summed E-state index contributed by atoms with van der Waals surface area (Å²) in [4.78, 5) is 8.62. The molecule has 0 atom stereocenters. The van der Waals surface area contributed by atoms with Crippen molar-refractivity contribution < 1.29 is 0 Å². The lowest BCUT2D eigenvalue weighted by molar-refractivity contribution is 1.00. The number of hydrogen-bond donors (Lipinski definition) is 1. The van der Waals surface area contributed by atoms with Gasteiger partial charge >= 0.3 is 0 Å². The summed E-state index contributed by atoms with van der Waals surface area (Å²) in [7, 11) is 0. The standard InChI is InChI=1S/C13H15N3/c1-10-5-3-7-14-12(10)9-16-13-11(2)6-4-8-15-13/h3-8H,9H2,1-2H3,(H,15,16). The summed E-state index contributed by atoms with van der Waals surface area (Å²) in [5.74, 6) is 0.924. The first-order valence-electron chi connectivity index (χ1n) is 5.33. The maximum absolute atomic E-state index is 4.33. The summed E-state index contributed by atoms with van der Waals surface area (Å²) in [5.41, 5.74) is 3.41. The minimum absolute atomic E-state index is 0.713. The maximum atomic E-state index is 4.33. The Balaban J connectivity index is 2.09. The number of aryl methyl sites for hydroxylation is 2. The van der Waals surface area contributed by atoms with Crippen LogP contribution in [0.25, 0.3) is 0 Å². The SMILES string of the molecule is Cc1cccnc1CNc1ncccc1C. The lowest BCUT2D eigenvalue weighted by Crippen LogP contribution is -2.05. The molecular weight excluding hydrogens is 198 g/mol. The summed E-state index contributed by atoms with van der Waals surface area (Å²) < 4.78 is 0. The first-order chi connectivity index (χ1) is 7.77. The second kappa shape index (κ2) is 4.75. The zero-order valence-corrected chi connectivity index (χ0v) is 9.57. The highest BCUT2D eigenvalue weighted by Crippen LogP contribution is 2.11. The zero-order chi connectivity index (χ0) is 11.4. The van der Waals surface area contributed by atoms with Crippen molar-refractivity contribution in [1.82, 2.24) is 9.97 Å². The molecule has 0 amide bonds. The topological polar surface area (TPSA) is 37.8 Å². The fourth-order valence-corrected chi connectivity index (χ4v) is 1.54.